The van der Waals surface area contributed by atoms with Gasteiger partial charge in [-0.3, -0.25) is 9.10 Å². The fraction of sp³-hybridized carbons (Fsp3) is 0.562. The number of methoxy groups -OCH3 is 1. The molecule has 23 heavy (non-hydrogen) atoms. The Bertz CT molecular complexity index is 622. The van der Waals surface area contributed by atoms with Gasteiger partial charge in [0.15, 0.2) is 0 Å². The van der Waals surface area contributed by atoms with E-state index >= 15 is 0 Å². The van der Waals surface area contributed by atoms with Crippen LogP contribution in [0.2, 0.25) is 0 Å². The maximum atomic E-state index is 12.5. The van der Waals surface area contributed by atoms with Crippen LogP contribution in [0, 0.1) is 0 Å². The van der Waals surface area contributed by atoms with Gasteiger partial charge in [-0.1, -0.05) is 0 Å². The molecule has 0 radical (unpaired) electrons. The number of ether oxygens (including phenoxy) is 1. The van der Waals surface area contributed by atoms with Gasteiger partial charge >= 0.3 is 0 Å². The monoisotopic (exact) mass is 340 g/mol. The van der Waals surface area contributed by atoms with Gasteiger partial charge in [-0.2, -0.15) is 0 Å². The third-order valence-corrected chi connectivity index (χ3v) is 5.79. The van der Waals surface area contributed by atoms with Crippen LogP contribution in [0.25, 0.3) is 0 Å². The maximum absolute atomic E-state index is 12.5. The number of nitrogens with zero attached hydrogens (tertiary/aromatic N) is 2. The molecule has 1 fully saturated rings. The first-order valence-corrected chi connectivity index (χ1v) is 9.51. The molecule has 1 aliphatic rings. The topological polar surface area (TPSA) is 66.9 Å². The molecule has 1 amide bonds. The quantitative estimate of drug-likeness (QED) is 0.793. The predicted molar refractivity (Wildman–Crippen MR) is 90.2 cm³/mol. The van der Waals surface area contributed by atoms with Crippen LogP contribution in [0.3, 0.4) is 0 Å². The Morgan fingerprint density at radius 3 is 2.30 bits per heavy atom. The second kappa shape index (κ2) is 7.68. The van der Waals surface area contributed by atoms with Crippen molar-refractivity contribution in [3.8, 4) is 5.75 Å². The summed E-state index contributed by atoms with van der Waals surface area (Å²) in [7, 11) is -1.97. The molecule has 128 valence electrons. The summed E-state index contributed by atoms with van der Waals surface area (Å²) in [4.78, 5) is 14.2. The second-order valence-corrected chi connectivity index (χ2v) is 7.73. The van der Waals surface area contributed by atoms with Crippen molar-refractivity contribution in [2.45, 2.75) is 26.2 Å². The van der Waals surface area contributed by atoms with Crippen molar-refractivity contribution in [2.75, 3.05) is 36.8 Å². The lowest BCUT2D eigenvalue weighted by atomic mass is 10.1. The zero-order valence-electron chi connectivity index (χ0n) is 13.7. The van der Waals surface area contributed by atoms with Gasteiger partial charge in [0.25, 0.3) is 0 Å². The summed E-state index contributed by atoms with van der Waals surface area (Å²) in [5.74, 6) is 0.453. The summed E-state index contributed by atoms with van der Waals surface area (Å²) in [6, 6.07) is 6.71. The number of hydrogen-bond donors (Lipinski definition) is 0. The highest BCUT2D eigenvalue weighted by Gasteiger charge is 2.26. The van der Waals surface area contributed by atoms with Crippen LogP contribution in [0.5, 0.6) is 5.75 Å². The van der Waals surface area contributed by atoms with Crippen LogP contribution in [-0.2, 0) is 14.8 Å². The molecule has 0 aromatic heterocycles. The largest absolute Gasteiger partial charge is 0.497 e. The Balaban J connectivity index is 2.21. The number of amides is 1. The van der Waals surface area contributed by atoms with Crippen LogP contribution in [0.1, 0.15) is 26.2 Å². The molecule has 1 aliphatic heterocycles. The molecule has 6 nitrogen and oxygen atoms in total. The van der Waals surface area contributed by atoms with E-state index in [2.05, 4.69) is 0 Å². The first-order valence-electron chi connectivity index (χ1n) is 7.90. The molecule has 0 aliphatic carbocycles. The molecule has 1 aromatic rings. The third kappa shape index (κ3) is 4.37. The molecule has 0 bridgehead atoms. The third-order valence-electron chi connectivity index (χ3n) is 4.05. The molecule has 1 aromatic carbocycles. The molecule has 0 atom stereocenters. The molecule has 7 heteroatoms. The number of rotatable bonds is 6. The fourth-order valence-corrected chi connectivity index (χ4v) is 3.68. The summed E-state index contributed by atoms with van der Waals surface area (Å²) in [6.45, 7) is 2.85. The molecule has 1 saturated heterocycles. The van der Waals surface area contributed by atoms with E-state index in [1.807, 2.05) is 0 Å². The zero-order chi connectivity index (χ0) is 16.9. The van der Waals surface area contributed by atoms with Crippen LogP contribution in [0.4, 0.5) is 5.69 Å². The molecule has 0 N–H and O–H groups in total. The number of benzene rings is 1. The van der Waals surface area contributed by atoms with E-state index in [1.54, 1.807) is 43.2 Å². The first-order chi connectivity index (χ1) is 11.0. The molecule has 0 unspecified atom stereocenters. The van der Waals surface area contributed by atoms with E-state index in [0.717, 1.165) is 19.3 Å². The van der Waals surface area contributed by atoms with Crippen molar-refractivity contribution in [1.82, 2.24) is 4.90 Å². The minimum Gasteiger partial charge on any atom is -0.497 e. The van der Waals surface area contributed by atoms with E-state index in [-0.39, 0.29) is 18.2 Å². The lowest BCUT2D eigenvalue weighted by Crippen LogP contribution is -2.45. The number of hydrogen-bond acceptors (Lipinski definition) is 4. The van der Waals surface area contributed by atoms with Crippen molar-refractivity contribution in [3.63, 3.8) is 0 Å². The summed E-state index contributed by atoms with van der Waals surface area (Å²) in [5.41, 5.74) is 0.484. The number of likely N-dealkylation sites (tertiary alicyclic amines) is 1. The van der Waals surface area contributed by atoms with Gasteiger partial charge < -0.3 is 9.64 Å². The molecule has 0 saturated carbocycles. The van der Waals surface area contributed by atoms with Crippen molar-refractivity contribution in [2.24, 2.45) is 0 Å². The van der Waals surface area contributed by atoms with Crippen LogP contribution in [0.15, 0.2) is 24.3 Å². The number of sulfonamides is 1. The Morgan fingerprint density at radius 2 is 1.78 bits per heavy atom. The van der Waals surface area contributed by atoms with Crippen molar-refractivity contribution in [3.05, 3.63) is 24.3 Å². The van der Waals surface area contributed by atoms with E-state index in [1.165, 1.54) is 4.31 Å². The highest BCUT2D eigenvalue weighted by Crippen LogP contribution is 2.22. The van der Waals surface area contributed by atoms with Crippen LogP contribution in [-0.4, -0.2) is 51.7 Å². The van der Waals surface area contributed by atoms with Gasteiger partial charge in [-0.05, 0) is 50.5 Å². The minimum atomic E-state index is -3.52. The predicted octanol–water partition coefficient (Wildman–Crippen LogP) is 1.86. The molecule has 1 heterocycles. The molecular weight excluding hydrogens is 316 g/mol. The highest BCUT2D eigenvalue weighted by atomic mass is 32.2. The van der Waals surface area contributed by atoms with Crippen molar-refractivity contribution in [1.29, 1.82) is 0 Å². The number of anilines is 1. The summed E-state index contributed by atoms with van der Waals surface area (Å²) in [5, 5.41) is 0. The SMILES string of the molecule is CCS(=O)(=O)N(CC(=O)N1CCCCC1)c1ccc(OC)cc1. The Morgan fingerprint density at radius 1 is 1.17 bits per heavy atom. The lowest BCUT2D eigenvalue weighted by molar-refractivity contribution is -0.130. The highest BCUT2D eigenvalue weighted by molar-refractivity contribution is 7.92. The summed E-state index contributed by atoms with van der Waals surface area (Å²) < 4.78 is 31.1. The van der Waals surface area contributed by atoms with Crippen molar-refractivity contribution < 1.29 is 17.9 Å². The van der Waals surface area contributed by atoms with Gasteiger partial charge in [-0.25, -0.2) is 8.42 Å². The lowest BCUT2D eigenvalue weighted by Gasteiger charge is -2.30. The average molecular weight is 340 g/mol. The smallest absolute Gasteiger partial charge is 0.243 e. The minimum absolute atomic E-state index is 0.0493. The number of carbonyl (C=O) groups is 1. The number of carbonyl (C=O) groups excluding carboxylic acids is 1. The first kappa shape index (κ1) is 17.6. The second-order valence-electron chi connectivity index (χ2n) is 5.55. The van der Waals surface area contributed by atoms with Gasteiger partial charge in [-0.15, -0.1) is 0 Å². The standard InChI is InChI=1S/C16H24N2O4S/c1-3-23(20,21)18(14-7-9-15(22-2)10-8-14)13-16(19)17-11-5-4-6-12-17/h7-10H,3-6,11-13H2,1-2H3. The van der Waals surface area contributed by atoms with Gasteiger partial charge in [0.1, 0.15) is 12.3 Å². The van der Waals surface area contributed by atoms with Crippen molar-refractivity contribution >= 4 is 21.6 Å². The normalized spacial score (nSPS) is 15.3. The Hall–Kier alpha value is -1.76. The van der Waals surface area contributed by atoms with Crippen LogP contribution < -0.4 is 9.04 Å². The van der Waals surface area contributed by atoms with E-state index in [9.17, 15) is 13.2 Å². The maximum Gasteiger partial charge on any atom is 0.243 e. The number of piperidine rings is 1. The van der Waals surface area contributed by atoms with Gasteiger partial charge in [0.2, 0.25) is 15.9 Å². The van der Waals surface area contributed by atoms with Gasteiger partial charge in [0, 0.05) is 13.1 Å². The summed E-state index contributed by atoms with van der Waals surface area (Å²) >= 11 is 0. The van der Waals surface area contributed by atoms with Crippen LogP contribution >= 0.6 is 0 Å². The zero-order valence-corrected chi connectivity index (χ0v) is 14.5. The van der Waals surface area contributed by atoms with E-state index < -0.39 is 10.0 Å². The van der Waals surface area contributed by atoms with E-state index in [4.69, 9.17) is 4.74 Å². The Labute approximate surface area is 138 Å². The fourth-order valence-electron chi connectivity index (χ4n) is 2.62. The van der Waals surface area contributed by atoms with E-state index in [0.29, 0.717) is 24.5 Å². The molecular formula is C16H24N2O4S. The molecule has 0 spiro atoms. The van der Waals surface area contributed by atoms with Gasteiger partial charge in [0.05, 0.1) is 18.6 Å². The average Bonchev–Trinajstić information content (AvgIpc) is 2.60. The Kier molecular flexibility index (Phi) is 5.87. The summed E-state index contributed by atoms with van der Waals surface area (Å²) in [6.07, 6.45) is 3.09. The molecule has 2 rings (SSSR count).